The lowest BCUT2D eigenvalue weighted by Crippen LogP contribution is -2.37. The zero-order valence-electron chi connectivity index (χ0n) is 16.3. The molecule has 2 aromatic rings. The minimum Gasteiger partial charge on any atom is -0.484 e. The molecular weight excluding hydrogens is 362 g/mol. The highest BCUT2D eigenvalue weighted by Crippen LogP contribution is 2.23. The molecule has 0 fully saturated rings. The van der Waals surface area contributed by atoms with Gasteiger partial charge in [-0.3, -0.25) is 19.7 Å². The first-order chi connectivity index (χ1) is 13.2. The normalized spacial score (nSPS) is 10.3. The van der Waals surface area contributed by atoms with Crippen molar-refractivity contribution < 1.29 is 19.2 Å². The predicted octanol–water partition coefficient (Wildman–Crippen LogP) is 3.00. The Labute approximate surface area is 163 Å². The lowest BCUT2D eigenvalue weighted by molar-refractivity contribution is -0.385. The maximum atomic E-state index is 12.2. The highest BCUT2D eigenvalue weighted by Gasteiger charge is 2.16. The number of anilines is 1. The predicted molar refractivity (Wildman–Crippen MR) is 106 cm³/mol. The molecule has 2 aromatic carbocycles. The van der Waals surface area contributed by atoms with Crippen LogP contribution < -0.4 is 10.1 Å². The fourth-order valence-electron chi connectivity index (χ4n) is 2.67. The average Bonchev–Trinajstić information content (AvgIpc) is 2.62. The van der Waals surface area contributed by atoms with E-state index in [9.17, 15) is 19.7 Å². The molecule has 148 valence electrons. The Morgan fingerprint density at radius 3 is 2.32 bits per heavy atom. The number of amides is 2. The van der Waals surface area contributed by atoms with Gasteiger partial charge in [0.1, 0.15) is 5.75 Å². The van der Waals surface area contributed by atoms with Crippen LogP contribution in [0.5, 0.6) is 5.75 Å². The third kappa shape index (κ3) is 5.29. The number of carbonyl (C=O) groups is 2. The largest absolute Gasteiger partial charge is 0.484 e. The highest BCUT2D eigenvalue weighted by atomic mass is 16.6. The molecule has 0 radical (unpaired) electrons. The molecule has 0 spiro atoms. The van der Waals surface area contributed by atoms with E-state index in [0.29, 0.717) is 11.3 Å². The second-order valence-electron chi connectivity index (χ2n) is 6.56. The van der Waals surface area contributed by atoms with Crippen LogP contribution >= 0.6 is 0 Å². The van der Waals surface area contributed by atoms with Crippen molar-refractivity contribution in [1.29, 1.82) is 0 Å². The molecule has 0 atom stereocenters. The Balaban J connectivity index is 1.89. The fourth-order valence-corrected chi connectivity index (χ4v) is 2.67. The quantitative estimate of drug-likeness (QED) is 0.583. The first kappa shape index (κ1) is 20.9. The van der Waals surface area contributed by atoms with Crippen molar-refractivity contribution in [3.8, 4) is 5.75 Å². The van der Waals surface area contributed by atoms with Crippen LogP contribution in [0.25, 0.3) is 0 Å². The second-order valence-corrected chi connectivity index (χ2v) is 6.56. The molecule has 0 aliphatic rings. The molecule has 28 heavy (non-hydrogen) atoms. The number of nitro groups is 1. The molecule has 0 unspecified atom stereocenters. The molecule has 0 saturated heterocycles. The molecule has 1 N–H and O–H groups in total. The Morgan fingerprint density at radius 1 is 1.11 bits per heavy atom. The molecule has 2 amide bonds. The SMILES string of the molecule is Cc1cc(OCC(=O)N(C)CC(=O)Nc2c(C)cccc2C)ccc1[N+](=O)[O-]. The van der Waals surface area contributed by atoms with E-state index in [2.05, 4.69) is 5.32 Å². The maximum Gasteiger partial charge on any atom is 0.272 e. The Kier molecular flexibility index (Phi) is 6.70. The summed E-state index contributed by atoms with van der Waals surface area (Å²) in [5, 5.41) is 13.7. The first-order valence-electron chi connectivity index (χ1n) is 8.67. The van der Waals surface area contributed by atoms with Gasteiger partial charge in [-0.25, -0.2) is 0 Å². The van der Waals surface area contributed by atoms with Gasteiger partial charge in [0.25, 0.3) is 11.6 Å². The summed E-state index contributed by atoms with van der Waals surface area (Å²) in [7, 11) is 1.51. The van der Waals surface area contributed by atoms with E-state index >= 15 is 0 Å². The lowest BCUT2D eigenvalue weighted by Gasteiger charge is -2.18. The van der Waals surface area contributed by atoms with E-state index < -0.39 is 4.92 Å². The summed E-state index contributed by atoms with van der Waals surface area (Å²) in [4.78, 5) is 36.1. The van der Waals surface area contributed by atoms with Crippen LogP contribution in [0.1, 0.15) is 16.7 Å². The topological polar surface area (TPSA) is 102 Å². The standard InChI is InChI=1S/C20H23N3O5/c1-13-6-5-7-14(2)20(13)21-18(24)11-22(4)19(25)12-28-16-8-9-17(23(26)27)15(3)10-16/h5-10H,11-12H2,1-4H3,(H,21,24). The molecule has 0 saturated carbocycles. The van der Waals surface area contributed by atoms with E-state index in [1.807, 2.05) is 32.0 Å². The van der Waals surface area contributed by atoms with Gasteiger partial charge in [0.15, 0.2) is 6.61 Å². The van der Waals surface area contributed by atoms with Crippen LogP contribution in [0.4, 0.5) is 11.4 Å². The third-order valence-electron chi connectivity index (χ3n) is 4.28. The molecule has 0 bridgehead atoms. The van der Waals surface area contributed by atoms with E-state index in [-0.39, 0.29) is 30.7 Å². The zero-order chi connectivity index (χ0) is 20.8. The van der Waals surface area contributed by atoms with Crippen LogP contribution in [-0.4, -0.2) is 41.8 Å². The summed E-state index contributed by atoms with van der Waals surface area (Å²) < 4.78 is 5.40. The summed E-state index contributed by atoms with van der Waals surface area (Å²) in [6.07, 6.45) is 0. The average molecular weight is 385 g/mol. The molecular formula is C20H23N3O5. The number of carbonyl (C=O) groups excluding carboxylic acids is 2. The Hall–Kier alpha value is -3.42. The van der Waals surface area contributed by atoms with Gasteiger partial charge in [0, 0.05) is 24.4 Å². The van der Waals surface area contributed by atoms with Crippen molar-refractivity contribution in [3.05, 3.63) is 63.2 Å². The molecule has 0 heterocycles. The van der Waals surface area contributed by atoms with Crippen molar-refractivity contribution in [1.82, 2.24) is 4.90 Å². The summed E-state index contributed by atoms with van der Waals surface area (Å²) in [6, 6.07) is 9.98. The smallest absolute Gasteiger partial charge is 0.272 e. The third-order valence-corrected chi connectivity index (χ3v) is 4.28. The van der Waals surface area contributed by atoms with E-state index in [4.69, 9.17) is 4.74 Å². The molecule has 2 rings (SSSR count). The Bertz CT molecular complexity index is 890. The van der Waals surface area contributed by atoms with E-state index in [1.54, 1.807) is 6.92 Å². The number of aryl methyl sites for hydroxylation is 3. The van der Waals surface area contributed by atoms with Gasteiger partial charge < -0.3 is 15.0 Å². The van der Waals surface area contributed by atoms with Gasteiger partial charge in [0.2, 0.25) is 5.91 Å². The van der Waals surface area contributed by atoms with Crippen molar-refractivity contribution in [2.24, 2.45) is 0 Å². The van der Waals surface area contributed by atoms with Crippen LogP contribution in [0, 0.1) is 30.9 Å². The number of hydrogen-bond donors (Lipinski definition) is 1. The monoisotopic (exact) mass is 385 g/mol. The number of hydrogen-bond acceptors (Lipinski definition) is 5. The number of nitrogens with one attached hydrogen (secondary N) is 1. The van der Waals surface area contributed by atoms with Gasteiger partial charge in [0.05, 0.1) is 11.5 Å². The van der Waals surface area contributed by atoms with Crippen LogP contribution in [0.15, 0.2) is 36.4 Å². The number of nitrogens with zero attached hydrogens (tertiary/aromatic N) is 2. The number of ether oxygens (including phenoxy) is 1. The summed E-state index contributed by atoms with van der Waals surface area (Å²) >= 11 is 0. The lowest BCUT2D eigenvalue weighted by atomic mass is 10.1. The van der Waals surface area contributed by atoms with Crippen molar-refractivity contribution >= 4 is 23.2 Å². The van der Waals surface area contributed by atoms with E-state index in [0.717, 1.165) is 16.8 Å². The molecule has 0 aliphatic carbocycles. The number of likely N-dealkylation sites (N-methyl/N-ethyl adjacent to an activating group) is 1. The van der Waals surface area contributed by atoms with Crippen molar-refractivity contribution in [2.45, 2.75) is 20.8 Å². The van der Waals surface area contributed by atoms with Gasteiger partial charge in [-0.15, -0.1) is 0 Å². The van der Waals surface area contributed by atoms with Gasteiger partial charge in [-0.2, -0.15) is 0 Å². The minimum absolute atomic E-state index is 0.0148. The van der Waals surface area contributed by atoms with Gasteiger partial charge >= 0.3 is 0 Å². The summed E-state index contributed by atoms with van der Waals surface area (Å²) in [6.45, 7) is 5.01. The van der Waals surface area contributed by atoms with Crippen molar-refractivity contribution in [2.75, 3.05) is 25.5 Å². The second kappa shape index (κ2) is 8.98. The van der Waals surface area contributed by atoms with Gasteiger partial charge in [-0.1, -0.05) is 18.2 Å². The Morgan fingerprint density at radius 2 is 1.75 bits per heavy atom. The van der Waals surface area contributed by atoms with Crippen LogP contribution in [-0.2, 0) is 9.59 Å². The highest BCUT2D eigenvalue weighted by molar-refractivity contribution is 5.95. The fraction of sp³-hybridized carbons (Fsp3) is 0.300. The van der Waals surface area contributed by atoms with Crippen LogP contribution in [0.3, 0.4) is 0 Å². The summed E-state index contributed by atoms with van der Waals surface area (Å²) in [5.74, 6) is -0.336. The number of nitro benzene ring substituents is 1. The maximum absolute atomic E-state index is 12.2. The molecule has 0 aliphatic heterocycles. The van der Waals surface area contributed by atoms with Gasteiger partial charge in [-0.05, 0) is 44.0 Å². The minimum atomic E-state index is -0.479. The molecule has 8 heteroatoms. The van der Waals surface area contributed by atoms with Crippen LogP contribution in [0.2, 0.25) is 0 Å². The van der Waals surface area contributed by atoms with Crippen molar-refractivity contribution in [3.63, 3.8) is 0 Å². The molecule has 8 nitrogen and oxygen atoms in total. The number of rotatable bonds is 7. The zero-order valence-corrected chi connectivity index (χ0v) is 16.3. The molecule has 0 aromatic heterocycles. The first-order valence-corrected chi connectivity index (χ1v) is 8.67. The van der Waals surface area contributed by atoms with E-state index in [1.165, 1.54) is 30.1 Å². The summed E-state index contributed by atoms with van der Waals surface area (Å²) in [5.41, 5.74) is 3.06. The number of benzene rings is 2. The number of para-hydroxylation sites is 1.